The lowest BCUT2D eigenvalue weighted by Crippen LogP contribution is -2.49. The minimum absolute atomic E-state index is 0.452. The Kier molecular flexibility index (Phi) is 2.86. The fourth-order valence-electron chi connectivity index (χ4n) is 2.61. The molecule has 76 valence electrons. The lowest BCUT2D eigenvalue weighted by Gasteiger charge is -2.37. The van der Waals surface area contributed by atoms with Crippen molar-refractivity contribution in [1.29, 1.82) is 0 Å². The van der Waals surface area contributed by atoms with Crippen LogP contribution in [0.5, 0.6) is 0 Å². The highest BCUT2D eigenvalue weighted by Gasteiger charge is 2.28. The van der Waals surface area contributed by atoms with Gasteiger partial charge in [-0.15, -0.1) is 0 Å². The second-order valence-corrected chi connectivity index (χ2v) is 4.59. The Morgan fingerprint density at radius 1 is 1.23 bits per heavy atom. The molecule has 2 unspecified atom stereocenters. The maximum absolute atomic E-state index is 5.99. The van der Waals surface area contributed by atoms with Crippen LogP contribution in [0.25, 0.3) is 0 Å². The van der Waals surface area contributed by atoms with E-state index in [0.29, 0.717) is 6.04 Å². The van der Waals surface area contributed by atoms with Gasteiger partial charge in [-0.3, -0.25) is 4.90 Å². The van der Waals surface area contributed by atoms with E-state index in [1.54, 1.807) is 0 Å². The van der Waals surface area contributed by atoms with E-state index < -0.39 is 0 Å². The molecule has 3 heteroatoms. The topological polar surface area (TPSA) is 32.5 Å². The largest absolute Gasteiger partial charge is 0.328 e. The first-order valence-electron chi connectivity index (χ1n) is 5.44. The molecule has 0 aromatic carbocycles. The highest BCUT2D eigenvalue weighted by atomic mass is 15.2. The van der Waals surface area contributed by atoms with Gasteiger partial charge in [-0.25, -0.2) is 0 Å². The van der Waals surface area contributed by atoms with Gasteiger partial charge in [-0.05, 0) is 45.9 Å². The number of rotatable bonds is 0. The number of nitrogens with zero attached hydrogens (tertiary/aromatic N) is 2. The first-order valence-corrected chi connectivity index (χ1v) is 5.44. The van der Waals surface area contributed by atoms with Gasteiger partial charge in [0.2, 0.25) is 0 Å². The third-order valence-electron chi connectivity index (χ3n) is 3.39. The Morgan fingerprint density at radius 3 is 2.92 bits per heavy atom. The molecule has 2 aliphatic heterocycles. The van der Waals surface area contributed by atoms with Crippen molar-refractivity contribution in [3.05, 3.63) is 0 Å². The number of piperidine rings is 1. The van der Waals surface area contributed by atoms with E-state index in [0.717, 1.165) is 6.04 Å². The summed E-state index contributed by atoms with van der Waals surface area (Å²) in [6.45, 7) is 4.97. The molecule has 2 heterocycles. The van der Waals surface area contributed by atoms with E-state index in [1.807, 2.05) is 0 Å². The lowest BCUT2D eigenvalue weighted by molar-refractivity contribution is 0.132. The van der Waals surface area contributed by atoms with Crippen LogP contribution in [0.3, 0.4) is 0 Å². The third kappa shape index (κ3) is 2.22. The maximum atomic E-state index is 5.99. The molecule has 2 rings (SSSR count). The van der Waals surface area contributed by atoms with Gasteiger partial charge in [0.1, 0.15) is 0 Å². The first-order chi connectivity index (χ1) is 6.25. The number of fused-ring (bicyclic) bond motifs is 1. The molecule has 2 N–H and O–H groups in total. The van der Waals surface area contributed by atoms with Gasteiger partial charge in [0, 0.05) is 18.6 Å². The number of likely N-dealkylation sites (N-methyl/N-ethyl adjacent to an activating group) is 1. The van der Waals surface area contributed by atoms with E-state index in [9.17, 15) is 0 Å². The minimum atomic E-state index is 0.452. The quantitative estimate of drug-likeness (QED) is 0.579. The van der Waals surface area contributed by atoms with Gasteiger partial charge in [-0.1, -0.05) is 0 Å². The zero-order chi connectivity index (χ0) is 9.26. The maximum Gasteiger partial charge on any atom is 0.0237 e. The first kappa shape index (κ1) is 9.44. The van der Waals surface area contributed by atoms with Crippen LogP contribution in [0.1, 0.15) is 19.3 Å². The van der Waals surface area contributed by atoms with Crippen molar-refractivity contribution < 1.29 is 0 Å². The molecule has 0 saturated carbocycles. The smallest absolute Gasteiger partial charge is 0.0237 e. The summed E-state index contributed by atoms with van der Waals surface area (Å²) >= 11 is 0. The summed E-state index contributed by atoms with van der Waals surface area (Å²) in [7, 11) is 2.23. The fraction of sp³-hybridized carbons (Fsp3) is 1.00. The molecule has 13 heavy (non-hydrogen) atoms. The van der Waals surface area contributed by atoms with Crippen LogP contribution in [0, 0.1) is 0 Å². The SMILES string of the molecule is CN1CCCN2CCC(N)CC2C1. The second-order valence-electron chi connectivity index (χ2n) is 4.59. The molecule has 0 aromatic heterocycles. The number of nitrogens with two attached hydrogens (primary N) is 1. The van der Waals surface area contributed by atoms with Crippen LogP contribution in [-0.2, 0) is 0 Å². The van der Waals surface area contributed by atoms with E-state index in [2.05, 4.69) is 16.8 Å². The third-order valence-corrected chi connectivity index (χ3v) is 3.39. The highest BCUT2D eigenvalue weighted by Crippen LogP contribution is 2.19. The lowest BCUT2D eigenvalue weighted by atomic mass is 9.98. The van der Waals surface area contributed by atoms with Crippen LogP contribution in [0.4, 0.5) is 0 Å². The summed E-state index contributed by atoms with van der Waals surface area (Å²) in [4.78, 5) is 5.08. The Bertz CT molecular complexity index is 170. The predicted molar refractivity (Wildman–Crippen MR) is 54.7 cm³/mol. The zero-order valence-corrected chi connectivity index (χ0v) is 8.58. The van der Waals surface area contributed by atoms with Crippen molar-refractivity contribution in [2.45, 2.75) is 31.3 Å². The molecular formula is C10H21N3. The van der Waals surface area contributed by atoms with Crippen LogP contribution >= 0.6 is 0 Å². The predicted octanol–water partition coefficient (Wildman–Crippen LogP) is 0.114. The summed E-state index contributed by atoms with van der Waals surface area (Å²) in [5.74, 6) is 0. The Hall–Kier alpha value is -0.120. The zero-order valence-electron chi connectivity index (χ0n) is 8.58. The molecule has 2 saturated heterocycles. The Labute approximate surface area is 80.9 Å². The van der Waals surface area contributed by atoms with E-state index in [-0.39, 0.29) is 0 Å². The molecule has 0 aliphatic carbocycles. The van der Waals surface area contributed by atoms with Gasteiger partial charge in [0.05, 0.1) is 0 Å². The standard InChI is InChI=1S/C10H21N3/c1-12-4-2-5-13-6-3-9(11)7-10(13)8-12/h9-10H,2-8,11H2,1H3. The van der Waals surface area contributed by atoms with Crippen molar-refractivity contribution in [2.24, 2.45) is 5.73 Å². The van der Waals surface area contributed by atoms with Gasteiger partial charge < -0.3 is 10.6 Å². The van der Waals surface area contributed by atoms with Crippen molar-refractivity contribution in [3.63, 3.8) is 0 Å². The molecular weight excluding hydrogens is 162 g/mol. The van der Waals surface area contributed by atoms with Crippen LogP contribution in [0.15, 0.2) is 0 Å². The average Bonchev–Trinajstić information content (AvgIpc) is 2.25. The van der Waals surface area contributed by atoms with Crippen LogP contribution in [-0.4, -0.2) is 55.1 Å². The summed E-state index contributed by atoms with van der Waals surface area (Å²) in [6, 6.07) is 1.18. The molecule has 2 atom stereocenters. The van der Waals surface area contributed by atoms with Gasteiger partial charge >= 0.3 is 0 Å². The van der Waals surface area contributed by atoms with Crippen molar-refractivity contribution in [2.75, 3.05) is 33.2 Å². The van der Waals surface area contributed by atoms with Crippen LogP contribution < -0.4 is 5.73 Å². The summed E-state index contributed by atoms with van der Waals surface area (Å²) in [6.07, 6.45) is 3.72. The summed E-state index contributed by atoms with van der Waals surface area (Å²) in [5, 5.41) is 0. The normalized spacial score (nSPS) is 38.3. The molecule has 2 aliphatic rings. The summed E-state index contributed by atoms with van der Waals surface area (Å²) < 4.78 is 0. The Morgan fingerprint density at radius 2 is 2.08 bits per heavy atom. The molecule has 0 amide bonds. The van der Waals surface area contributed by atoms with Crippen molar-refractivity contribution >= 4 is 0 Å². The van der Waals surface area contributed by atoms with E-state index in [1.165, 1.54) is 45.4 Å². The number of hydrogen-bond donors (Lipinski definition) is 1. The molecule has 0 spiro atoms. The monoisotopic (exact) mass is 183 g/mol. The molecule has 0 bridgehead atoms. The van der Waals surface area contributed by atoms with E-state index >= 15 is 0 Å². The van der Waals surface area contributed by atoms with E-state index in [4.69, 9.17) is 5.73 Å². The fourth-order valence-corrected chi connectivity index (χ4v) is 2.61. The average molecular weight is 183 g/mol. The van der Waals surface area contributed by atoms with Crippen molar-refractivity contribution in [3.8, 4) is 0 Å². The summed E-state index contributed by atoms with van der Waals surface area (Å²) in [5.41, 5.74) is 5.99. The molecule has 0 aromatic rings. The van der Waals surface area contributed by atoms with Crippen molar-refractivity contribution in [1.82, 2.24) is 9.80 Å². The van der Waals surface area contributed by atoms with Gasteiger partial charge in [0.15, 0.2) is 0 Å². The minimum Gasteiger partial charge on any atom is -0.328 e. The molecule has 3 nitrogen and oxygen atoms in total. The highest BCUT2D eigenvalue weighted by molar-refractivity contribution is 4.87. The van der Waals surface area contributed by atoms with Gasteiger partial charge in [0.25, 0.3) is 0 Å². The van der Waals surface area contributed by atoms with Gasteiger partial charge in [-0.2, -0.15) is 0 Å². The number of hydrogen-bond acceptors (Lipinski definition) is 3. The van der Waals surface area contributed by atoms with Crippen LogP contribution in [0.2, 0.25) is 0 Å². The Balaban J connectivity index is 1.98. The molecule has 0 radical (unpaired) electrons. The molecule has 2 fully saturated rings. The second kappa shape index (κ2) is 3.95.